The first-order valence-electron chi connectivity index (χ1n) is 6.55. The van der Waals surface area contributed by atoms with E-state index in [9.17, 15) is 9.59 Å². The van der Waals surface area contributed by atoms with Crippen molar-refractivity contribution in [3.05, 3.63) is 0 Å². The Bertz CT molecular complexity index is 368. The van der Waals surface area contributed by atoms with E-state index >= 15 is 0 Å². The molecule has 2 fully saturated rings. The summed E-state index contributed by atoms with van der Waals surface area (Å²) in [5.41, 5.74) is 5.32. The first-order chi connectivity index (χ1) is 8.89. The number of carbonyl (C=O) groups is 2. The van der Waals surface area contributed by atoms with Crippen LogP contribution in [0.3, 0.4) is 0 Å². The number of carboxylic acids is 1. The van der Waals surface area contributed by atoms with Crippen molar-refractivity contribution < 1.29 is 19.4 Å². The molecule has 0 aromatic heterocycles. The van der Waals surface area contributed by atoms with Gasteiger partial charge in [-0.25, -0.2) is 9.59 Å². The van der Waals surface area contributed by atoms with Gasteiger partial charge in [0, 0.05) is 19.1 Å². The molecule has 2 aliphatic rings. The van der Waals surface area contributed by atoms with Crippen molar-refractivity contribution in [1.82, 2.24) is 9.80 Å². The van der Waals surface area contributed by atoms with Crippen LogP contribution in [0.2, 0.25) is 0 Å². The lowest BCUT2D eigenvalue weighted by Gasteiger charge is -2.49. The first kappa shape index (κ1) is 14.1. The van der Waals surface area contributed by atoms with Crippen molar-refractivity contribution in [2.45, 2.75) is 31.4 Å². The second-order valence-corrected chi connectivity index (χ2v) is 5.62. The van der Waals surface area contributed by atoms with Gasteiger partial charge in [0.15, 0.2) is 0 Å². The van der Waals surface area contributed by atoms with Crippen molar-refractivity contribution in [2.24, 2.45) is 5.73 Å². The standard InChI is InChI=1S/C12H21N3O4/c1-12(19-6-10(16)17)7-15(8-12)11(18)14-4-2-3-9(13)5-14/h9H,2-8,13H2,1H3,(H,16,17). The predicted molar refractivity (Wildman–Crippen MR) is 67.7 cm³/mol. The third kappa shape index (κ3) is 3.36. The Kier molecular flexibility index (Phi) is 3.96. The highest BCUT2D eigenvalue weighted by molar-refractivity contribution is 5.76. The van der Waals surface area contributed by atoms with E-state index < -0.39 is 11.6 Å². The SMILES string of the molecule is CC1(OCC(=O)O)CN(C(=O)N2CCCC(N)C2)C1. The molecule has 0 spiro atoms. The molecule has 19 heavy (non-hydrogen) atoms. The normalized spacial score (nSPS) is 25.9. The summed E-state index contributed by atoms with van der Waals surface area (Å²) < 4.78 is 5.28. The summed E-state index contributed by atoms with van der Waals surface area (Å²) in [6.07, 6.45) is 1.90. The number of amides is 2. The molecule has 7 nitrogen and oxygen atoms in total. The maximum absolute atomic E-state index is 12.2. The smallest absolute Gasteiger partial charge is 0.329 e. The molecule has 0 saturated carbocycles. The van der Waals surface area contributed by atoms with Crippen LogP contribution < -0.4 is 5.73 Å². The molecule has 2 aliphatic heterocycles. The van der Waals surface area contributed by atoms with Crippen LogP contribution in [0.1, 0.15) is 19.8 Å². The summed E-state index contributed by atoms with van der Waals surface area (Å²) in [7, 11) is 0. The van der Waals surface area contributed by atoms with Crippen LogP contribution in [-0.2, 0) is 9.53 Å². The van der Waals surface area contributed by atoms with Crippen LogP contribution in [0.15, 0.2) is 0 Å². The highest BCUT2D eigenvalue weighted by atomic mass is 16.5. The molecule has 2 amide bonds. The van der Waals surface area contributed by atoms with Gasteiger partial charge in [-0.3, -0.25) is 0 Å². The van der Waals surface area contributed by atoms with Crippen LogP contribution in [-0.4, -0.2) is 71.3 Å². The Balaban J connectivity index is 1.79. The maximum atomic E-state index is 12.2. The van der Waals surface area contributed by atoms with Crippen molar-refractivity contribution in [2.75, 3.05) is 32.8 Å². The quantitative estimate of drug-likeness (QED) is 0.735. The van der Waals surface area contributed by atoms with Crippen LogP contribution >= 0.6 is 0 Å². The van der Waals surface area contributed by atoms with E-state index in [1.54, 1.807) is 9.80 Å². The van der Waals surface area contributed by atoms with Gasteiger partial charge in [-0.15, -0.1) is 0 Å². The summed E-state index contributed by atoms with van der Waals surface area (Å²) in [6.45, 7) is 3.71. The Hall–Kier alpha value is -1.34. The molecule has 3 N–H and O–H groups in total. The number of urea groups is 1. The van der Waals surface area contributed by atoms with Crippen LogP contribution in [0.4, 0.5) is 4.79 Å². The molecule has 0 aliphatic carbocycles. The van der Waals surface area contributed by atoms with Gasteiger partial charge in [0.05, 0.1) is 13.1 Å². The number of ether oxygens (including phenoxy) is 1. The van der Waals surface area contributed by atoms with Gasteiger partial charge >= 0.3 is 12.0 Å². The maximum Gasteiger partial charge on any atom is 0.329 e. The topological polar surface area (TPSA) is 96.1 Å². The molecule has 0 bridgehead atoms. The Labute approximate surface area is 112 Å². The van der Waals surface area contributed by atoms with E-state index in [2.05, 4.69) is 0 Å². The first-order valence-corrected chi connectivity index (χ1v) is 6.55. The molecule has 2 rings (SSSR count). The number of nitrogens with two attached hydrogens (primary N) is 1. The molecule has 2 heterocycles. The Morgan fingerprint density at radius 2 is 2.11 bits per heavy atom. The molecule has 0 aromatic carbocycles. The number of likely N-dealkylation sites (tertiary alicyclic amines) is 2. The van der Waals surface area contributed by atoms with E-state index in [1.165, 1.54) is 0 Å². The molecule has 108 valence electrons. The molecule has 0 radical (unpaired) electrons. The zero-order valence-electron chi connectivity index (χ0n) is 11.2. The van der Waals surface area contributed by atoms with Crippen molar-refractivity contribution in [3.8, 4) is 0 Å². The largest absolute Gasteiger partial charge is 0.480 e. The van der Waals surface area contributed by atoms with Gasteiger partial charge in [0.25, 0.3) is 0 Å². The van der Waals surface area contributed by atoms with Crippen LogP contribution in [0.25, 0.3) is 0 Å². The van der Waals surface area contributed by atoms with E-state index in [-0.39, 0.29) is 18.7 Å². The summed E-state index contributed by atoms with van der Waals surface area (Å²) in [6, 6.07) is 0.0418. The lowest BCUT2D eigenvalue weighted by molar-refractivity contribution is -0.160. The molecule has 1 unspecified atom stereocenters. The number of nitrogens with zero attached hydrogens (tertiary/aromatic N) is 2. The van der Waals surface area contributed by atoms with Crippen molar-refractivity contribution in [3.63, 3.8) is 0 Å². The minimum atomic E-state index is -0.993. The Morgan fingerprint density at radius 3 is 2.68 bits per heavy atom. The fraction of sp³-hybridized carbons (Fsp3) is 0.833. The number of carbonyl (C=O) groups excluding carboxylic acids is 1. The van der Waals surface area contributed by atoms with Crippen LogP contribution in [0.5, 0.6) is 0 Å². The van der Waals surface area contributed by atoms with Gasteiger partial charge in [-0.2, -0.15) is 0 Å². The Morgan fingerprint density at radius 1 is 1.42 bits per heavy atom. The number of aliphatic carboxylic acids is 1. The molecule has 7 heteroatoms. The van der Waals surface area contributed by atoms with Crippen molar-refractivity contribution in [1.29, 1.82) is 0 Å². The number of hydrogen-bond acceptors (Lipinski definition) is 4. The van der Waals surface area contributed by atoms with Gasteiger partial charge in [0.1, 0.15) is 12.2 Å². The van der Waals surface area contributed by atoms with E-state index in [4.69, 9.17) is 15.6 Å². The summed E-state index contributed by atoms with van der Waals surface area (Å²) in [5.74, 6) is -0.993. The summed E-state index contributed by atoms with van der Waals surface area (Å²) in [5, 5.41) is 8.58. The third-order valence-corrected chi connectivity index (χ3v) is 3.59. The average Bonchev–Trinajstić information content (AvgIpc) is 2.32. The highest BCUT2D eigenvalue weighted by Gasteiger charge is 2.44. The zero-order chi connectivity index (χ0) is 14.0. The minimum absolute atomic E-state index is 0.0217. The summed E-state index contributed by atoms with van der Waals surface area (Å²) in [4.78, 5) is 26.1. The highest BCUT2D eigenvalue weighted by Crippen LogP contribution is 2.26. The molecule has 1 atom stereocenters. The molecular weight excluding hydrogens is 250 g/mol. The molecule has 0 aromatic rings. The number of hydrogen-bond donors (Lipinski definition) is 2. The number of rotatable bonds is 3. The molecule has 2 saturated heterocycles. The fourth-order valence-electron chi connectivity index (χ4n) is 2.61. The monoisotopic (exact) mass is 271 g/mol. The third-order valence-electron chi connectivity index (χ3n) is 3.59. The lowest BCUT2D eigenvalue weighted by Crippen LogP contribution is -2.66. The number of piperidine rings is 1. The minimum Gasteiger partial charge on any atom is -0.480 e. The molecular formula is C12H21N3O4. The fourth-order valence-corrected chi connectivity index (χ4v) is 2.61. The van der Waals surface area contributed by atoms with Crippen molar-refractivity contribution >= 4 is 12.0 Å². The van der Waals surface area contributed by atoms with Gasteiger partial charge < -0.3 is 25.4 Å². The summed E-state index contributed by atoms with van der Waals surface area (Å²) >= 11 is 0. The predicted octanol–water partition coefficient (Wildman–Crippen LogP) is -0.295. The van der Waals surface area contributed by atoms with E-state index in [1.807, 2.05) is 6.92 Å². The number of carboxylic acid groups (broad SMARTS) is 1. The van der Waals surface area contributed by atoms with E-state index in [0.717, 1.165) is 19.4 Å². The van der Waals surface area contributed by atoms with E-state index in [0.29, 0.717) is 19.6 Å². The van der Waals surface area contributed by atoms with Crippen LogP contribution in [0, 0.1) is 0 Å². The average molecular weight is 271 g/mol. The zero-order valence-corrected chi connectivity index (χ0v) is 11.2. The van der Waals surface area contributed by atoms with Gasteiger partial charge in [0.2, 0.25) is 0 Å². The lowest BCUT2D eigenvalue weighted by atomic mass is 9.96. The van der Waals surface area contributed by atoms with Gasteiger partial charge in [-0.05, 0) is 19.8 Å². The second-order valence-electron chi connectivity index (χ2n) is 5.62. The second kappa shape index (κ2) is 5.34. The van der Waals surface area contributed by atoms with Gasteiger partial charge in [-0.1, -0.05) is 0 Å².